The lowest BCUT2D eigenvalue weighted by atomic mass is 9.88. The molecule has 0 amide bonds. The highest BCUT2D eigenvalue weighted by molar-refractivity contribution is 7.09. The number of nitrogens with zero attached hydrogens (tertiary/aromatic N) is 2. The molecule has 1 aromatic rings. The van der Waals surface area contributed by atoms with Gasteiger partial charge in [0.2, 0.25) is 0 Å². The molecule has 2 saturated heterocycles. The lowest BCUT2D eigenvalue weighted by molar-refractivity contribution is -0.0460. The quantitative estimate of drug-likeness (QED) is 0.839. The molecule has 1 spiro atoms. The van der Waals surface area contributed by atoms with Crippen LogP contribution in [0.1, 0.15) is 24.3 Å². The Bertz CT molecular complexity index is 374. The van der Waals surface area contributed by atoms with Gasteiger partial charge in [-0.25, -0.2) is 4.98 Å². The zero-order valence-electron chi connectivity index (χ0n) is 10.8. The van der Waals surface area contributed by atoms with Gasteiger partial charge >= 0.3 is 0 Å². The SMILES string of the molecule is COC1COC2(CCN(Cc3nccs3)CC2)C1. The van der Waals surface area contributed by atoms with E-state index in [-0.39, 0.29) is 5.60 Å². The van der Waals surface area contributed by atoms with Gasteiger partial charge in [-0.3, -0.25) is 4.90 Å². The fourth-order valence-corrected chi connectivity index (χ4v) is 3.60. The lowest BCUT2D eigenvalue weighted by Crippen LogP contribution is -2.43. The third-order valence-corrected chi connectivity index (χ3v) is 4.88. The van der Waals surface area contributed by atoms with Crippen LogP contribution in [-0.2, 0) is 16.0 Å². The molecule has 3 rings (SSSR count). The van der Waals surface area contributed by atoms with Crippen LogP contribution in [-0.4, -0.2) is 48.4 Å². The highest BCUT2D eigenvalue weighted by Crippen LogP contribution is 2.37. The summed E-state index contributed by atoms with van der Waals surface area (Å²) in [6, 6.07) is 0. The molecule has 2 aliphatic rings. The second kappa shape index (κ2) is 5.25. The maximum atomic E-state index is 6.00. The van der Waals surface area contributed by atoms with E-state index >= 15 is 0 Å². The molecule has 5 heteroatoms. The molecular weight excluding hydrogens is 248 g/mol. The zero-order valence-corrected chi connectivity index (χ0v) is 11.6. The molecule has 2 aliphatic heterocycles. The van der Waals surface area contributed by atoms with Crippen molar-refractivity contribution in [1.29, 1.82) is 0 Å². The fourth-order valence-electron chi connectivity index (χ4n) is 2.94. The first-order valence-corrected chi connectivity index (χ1v) is 7.45. The summed E-state index contributed by atoms with van der Waals surface area (Å²) in [7, 11) is 1.78. The summed E-state index contributed by atoms with van der Waals surface area (Å²) >= 11 is 1.74. The van der Waals surface area contributed by atoms with E-state index in [2.05, 4.69) is 9.88 Å². The maximum absolute atomic E-state index is 6.00. The van der Waals surface area contributed by atoms with Gasteiger partial charge in [0.1, 0.15) is 5.01 Å². The fraction of sp³-hybridized carbons (Fsp3) is 0.769. The summed E-state index contributed by atoms with van der Waals surface area (Å²) in [5, 5.41) is 3.26. The summed E-state index contributed by atoms with van der Waals surface area (Å²) in [6.45, 7) is 3.97. The van der Waals surface area contributed by atoms with Crippen molar-refractivity contribution >= 4 is 11.3 Å². The first kappa shape index (κ1) is 12.5. The van der Waals surface area contributed by atoms with Crippen LogP contribution >= 0.6 is 11.3 Å². The molecule has 3 heterocycles. The minimum Gasteiger partial charge on any atom is -0.379 e. The summed E-state index contributed by atoms with van der Waals surface area (Å²) in [5.74, 6) is 0. The van der Waals surface area contributed by atoms with E-state index in [9.17, 15) is 0 Å². The van der Waals surface area contributed by atoms with Crippen molar-refractivity contribution in [3.05, 3.63) is 16.6 Å². The lowest BCUT2D eigenvalue weighted by Gasteiger charge is -2.38. The van der Waals surface area contributed by atoms with Gasteiger partial charge in [-0.1, -0.05) is 0 Å². The number of likely N-dealkylation sites (tertiary alicyclic amines) is 1. The Kier molecular flexibility index (Phi) is 3.66. The van der Waals surface area contributed by atoms with E-state index < -0.39 is 0 Å². The molecule has 2 fully saturated rings. The number of methoxy groups -OCH3 is 1. The predicted molar refractivity (Wildman–Crippen MR) is 70.7 cm³/mol. The number of ether oxygens (including phenoxy) is 2. The van der Waals surface area contributed by atoms with Crippen LogP contribution in [0.15, 0.2) is 11.6 Å². The van der Waals surface area contributed by atoms with Gasteiger partial charge in [0, 0.05) is 38.2 Å². The van der Waals surface area contributed by atoms with Gasteiger partial charge < -0.3 is 9.47 Å². The minimum absolute atomic E-state index is 0.0973. The highest BCUT2D eigenvalue weighted by Gasteiger charge is 2.42. The largest absolute Gasteiger partial charge is 0.379 e. The van der Waals surface area contributed by atoms with Gasteiger partial charge in [0.15, 0.2) is 0 Å². The van der Waals surface area contributed by atoms with E-state index in [0.717, 1.165) is 45.5 Å². The molecule has 0 N–H and O–H groups in total. The van der Waals surface area contributed by atoms with E-state index in [4.69, 9.17) is 9.47 Å². The molecule has 0 radical (unpaired) electrons. The Morgan fingerprint density at radius 1 is 1.56 bits per heavy atom. The normalized spacial score (nSPS) is 27.9. The van der Waals surface area contributed by atoms with Crippen molar-refractivity contribution in [2.45, 2.75) is 37.5 Å². The molecule has 0 saturated carbocycles. The second-order valence-electron chi connectivity index (χ2n) is 5.26. The smallest absolute Gasteiger partial charge is 0.107 e. The first-order chi connectivity index (χ1) is 8.80. The van der Waals surface area contributed by atoms with Crippen molar-refractivity contribution in [2.24, 2.45) is 0 Å². The van der Waals surface area contributed by atoms with Gasteiger partial charge in [0.05, 0.1) is 24.9 Å². The van der Waals surface area contributed by atoms with Crippen LogP contribution in [0.2, 0.25) is 0 Å². The van der Waals surface area contributed by atoms with Crippen LogP contribution < -0.4 is 0 Å². The van der Waals surface area contributed by atoms with Crippen LogP contribution in [0, 0.1) is 0 Å². The van der Waals surface area contributed by atoms with Gasteiger partial charge in [-0.05, 0) is 12.8 Å². The maximum Gasteiger partial charge on any atom is 0.107 e. The molecule has 0 bridgehead atoms. The van der Waals surface area contributed by atoms with Crippen LogP contribution in [0.5, 0.6) is 0 Å². The third-order valence-electron chi connectivity index (χ3n) is 4.12. The van der Waals surface area contributed by atoms with Crippen LogP contribution in [0.3, 0.4) is 0 Å². The highest BCUT2D eigenvalue weighted by atomic mass is 32.1. The molecule has 100 valence electrons. The molecule has 1 unspecified atom stereocenters. The van der Waals surface area contributed by atoms with E-state index in [1.165, 1.54) is 5.01 Å². The van der Waals surface area contributed by atoms with E-state index in [1.54, 1.807) is 18.4 Å². The van der Waals surface area contributed by atoms with Crippen molar-refractivity contribution in [3.63, 3.8) is 0 Å². The minimum atomic E-state index is 0.0973. The number of piperidine rings is 1. The Hall–Kier alpha value is -0.490. The summed E-state index contributed by atoms with van der Waals surface area (Å²) < 4.78 is 11.4. The van der Waals surface area contributed by atoms with Crippen molar-refractivity contribution in [3.8, 4) is 0 Å². The number of hydrogen-bond acceptors (Lipinski definition) is 5. The van der Waals surface area contributed by atoms with Crippen LogP contribution in [0.4, 0.5) is 0 Å². The molecular formula is C13H20N2O2S. The topological polar surface area (TPSA) is 34.6 Å². The Morgan fingerprint density at radius 3 is 3.00 bits per heavy atom. The summed E-state index contributed by atoms with van der Waals surface area (Å²) in [5.41, 5.74) is 0.0973. The summed E-state index contributed by atoms with van der Waals surface area (Å²) in [6.07, 6.45) is 5.50. The molecule has 18 heavy (non-hydrogen) atoms. The van der Waals surface area contributed by atoms with E-state index in [1.807, 2.05) is 11.6 Å². The Balaban J connectivity index is 1.52. The first-order valence-electron chi connectivity index (χ1n) is 6.57. The van der Waals surface area contributed by atoms with Gasteiger partial charge in [-0.2, -0.15) is 0 Å². The van der Waals surface area contributed by atoms with Gasteiger partial charge in [-0.15, -0.1) is 11.3 Å². The van der Waals surface area contributed by atoms with E-state index in [0.29, 0.717) is 6.10 Å². The standard InChI is InChI=1S/C13H20N2O2S/c1-16-11-8-13(17-10-11)2-5-15(6-3-13)9-12-14-4-7-18-12/h4,7,11H,2-3,5-6,8-10H2,1H3. The summed E-state index contributed by atoms with van der Waals surface area (Å²) in [4.78, 5) is 6.83. The van der Waals surface area contributed by atoms with Crippen molar-refractivity contribution in [1.82, 2.24) is 9.88 Å². The molecule has 1 atom stereocenters. The average molecular weight is 268 g/mol. The Morgan fingerprint density at radius 2 is 2.39 bits per heavy atom. The molecule has 0 aromatic carbocycles. The molecule has 0 aliphatic carbocycles. The van der Waals surface area contributed by atoms with Crippen molar-refractivity contribution < 1.29 is 9.47 Å². The molecule has 1 aromatic heterocycles. The second-order valence-corrected chi connectivity index (χ2v) is 6.24. The van der Waals surface area contributed by atoms with Gasteiger partial charge in [0.25, 0.3) is 0 Å². The number of thiazole rings is 1. The van der Waals surface area contributed by atoms with Crippen molar-refractivity contribution in [2.75, 3.05) is 26.8 Å². The third kappa shape index (κ3) is 2.59. The average Bonchev–Trinajstić information content (AvgIpc) is 3.03. The predicted octanol–water partition coefficient (Wildman–Crippen LogP) is 1.91. The molecule has 4 nitrogen and oxygen atoms in total. The number of aromatic nitrogens is 1. The zero-order chi connectivity index (χ0) is 12.4. The van der Waals surface area contributed by atoms with Crippen LogP contribution in [0.25, 0.3) is 0 Å². The Labute approximate surface area is 112 Å². The number of rotatable bonds is 3. The monoisotopic (exact) mass is 268 g/mol. The number of hydrogen-bond donors (Lipinski definition) is 0.